The number of rotatable bonds is 7. The molecule has 1 heterocycles. The number of hydrogen-bond acceptors (Lipinski definition) is 6. The second kappa shape index (κ2) is 8.20. The third-order valence-electron chi connectivity index (χ3n) is 2.57. The van der Waals surface area contributed by atoms with Gasteiger partial charge in [0.15, 0.2) is 5.82 Å². The van der Waals surface area contributed by atoms with E-state index in [9.17, 15) is 9.59 Å². The summed E-state index contributed by atoms with van der Waals surface area (Å²) in [6.45, 7) is 2.10. The minimum absolute atomic E-state index is 0.119. The van der Waals surface area contributed by atoms with E-state index in [1.54, 1.807) is 28.1 Å². The maximum atomic E-state index is 11.7. The average Bonchev–Trinajstić information content (AvgIpc) is 2.91. The van der Waals surface area contributed by atoms with Gasteiger partial charge in [-0.2, -0.15) is 4.98 Å². The molecule has 0 spiro atoms. The van der Waals surface area contributed by atoms with Gasteiger partial charge in [-0.15, -0.1) is 0 Å². The molecule has 1 aromatic heterocycles. The zero-order valence-electron chi connectivity index (χ0n) is 12.7. The zero-order chi connectivity index (χ0) is 15.8. The lowest BCUT2D eigenvalue weighted by molar-refractivity contribution is -0.120. The predicted octanol–water partition coefficient (Wildman–Crippen LogP) is -0.293. The number of ether oxygens (including phenoxy) is 1. The molecular formula is C12H21N5O4. The molecule has 0 saturated heterocycles. The molecule has 2 N–H and O–H groups in total. The van der Waals surface area contributed by atoms with Crippen LogP contribution in [0.25, 0.3) is 0 Å². The molecule has 0 aliphatic carbocycles. The molecule has 3 amide bonds. The predicted molar refractivity (Wildman–Crippen MR) is 73.5 cm³/mol. The monoisotopic (exact) mass is 299 g/mol. The van der Waals surface area contributed by atoms with E-state index in [0.717, 1.165) is 0 Å². The SMILES string of the molecule is COCCc1noc([C@@H](C)NC(=O)CNC(=O)N(C)C)n1. The van der Waals surface area contributed by atoms with Crippen LogP contribution < -0.4 is 10.6 Å². The lowest BCUT2D eigenvalue weighted by Gasteiger charge is -2.13. The van der Waals surface area contributed by atoms with E-state index in [1.165, 1.54) is 4.90 Å². The van der Waals surface area contributed by atoms with E-state index in [4.69, 9.17) is 9.26 Å². The van der Waals surface area contributed by atoms with Crippen LogP contribution in [0, 0.1) is 0 Å². The Balaban J connectivity index is 2.41. The third-order valence-corrected chi connectivity index (χ3v) is 2.57. The van der Waals surface area contributed by atoms with Crippen LogP contribution in [-0.4, -0.2) is 61.3 Å². The Hall–Kier alpha value is -2.16. The topological polar surface area (TPSA) is 110 Å². The fourth-order valence-corrected chi connectivity index (χ4v) is 1.41. The van der Waals surface area contributed by atoms with E-state index < -0.39 is 6.04 Å². The van der Waals surface area contributed by atoms with Crippen molar-refractivity contribution in [2.24, 2.45) is 0 Å². The summed E-state index contributed by atoms with van der Waals surface area (Å²) in [4.78, 5) is 28.5. The first-order valence-electron chi connectivity index (χ1n) is 6.50. The van der Waals surface area contributed by atoms with Gasteiger partial charge in [0.2, 0.25) is 11.8 Å². The van der Waals surface area contributed by atoms with E-state index in [-0.39, 0.29) is 18.5 Å². The molecule has 1 rings (SSSR count). The molecular weight excluding hydrogens is 278 g/mol. The Labute approximate surface area is 123 Å². The Morgan fingerprint density at radius 2 is 2.14 bits per heavy atom. The summed E-state index contributed by atoms with van der Waals surface area (Å²) in [5.74, 6) is 0.497. The van der Waals surface area contributed by atoms with Gasteiger partial charge >= 0.3 is 6.03 Å². The van der Waals surface area contributed by atoms with Crippen LogP contribution >= 0.6 is 0 Å². The lowest BCUT2D eigenvalue weighted by atomic mass is 10.3. The highest BCUT2D eigenvalue weighted by molar-refractivity contribution is 5.83. The first-order valence-corrected chi connectivity index (χ1v) is 6.50. The second-order valence-electron chi connectivity index (χ2n) is 4.63. The summed E-state index contributed by atoms with van der Waals surface area (Å²) < 4.78 is 9.98. The van der Waals surface area contributed by atoms with Crippen LogP contribution in [0.3, 0.4) is 0 Å². The molecule has 1 aromatic rings. The summed E-state index contributed by atoms with van der Waals surface area (Å²) in [5, 5.41) is 8.91. The van der Waals surface area contributed by atoms with Gasteiger partial charge < -0.3 is 24.8 Å². The van der Waals surface area contributed by atoms with Gasteiger partial charge in [-0.25, -0.2) is 4.79 Å². The maximum absolute atomic E-state index is 11.7. The lowest BCUT2D eigenvalue weighted by Crippen LogP contribution is -2.42. The summed E-state index contributed by atoms with van der Waals surface area (Å²) in [7, 11) is 4.78. The quantitative estimate of drug-likeness (QED) is 0.716. The number of carbonyl (C=O) groups excluding carboxylic acids is 2. The van der Waals surface area contributed by atoms with Crippen molar-refractivity contribution in [3.8, 4) is 0 Å². The molecule has 0 aliphatic heterocycles. The highest BCUT2D eigenvalue weighted by Crippen LogP contribution is 2.09. The van der Waals surface area contributed by atoms with Crippen LogP contribution in [0.1, 0.15) is 24.7 Å². The smallest absolute Gasteiger partial charge is 0.317 e. The molecule has 0 bridgehead atoms. The number of urea groups is 1. The summed E-state index contributed by atoms with van der Waals surface area (Å²) in [6.07, 6.45) is 0.541. The molecule has 9 heteroatoms. The van der Waals surface area contributed by atoms with Crippen LogP contribution in [0.4, 0.5) is 4.79 Å². The Kier molecular flexibility index (Phi) is 6.60. The van der Waals surface area contributed by atoms with Crippen molar-refractivity contribution < 1.29 is 18.8 Å². The average molecular weight is 299 g/mol. The Bertz CT molecular complexity index is 474. The van der Waals surface area contributed by atoms with Crippen LogP contribution in [-0.2, 0) is 16.0 Å². The van der Waals surface area contributed by atoms with E-state index >= 15 is 0 Å². The molecule has 118 valence electrons. The molecule has 0 fully saturated rings. The number of hydrogen-bond donors (Lipinski definition) is 2. The maximum Gasteiger partial charge on any atom is 0.317 e. The number of methoxy groups -OCH3 is 1. The molecule has 0 aliphatic rings. The van der Waals surface area contributed by atoms with Gasteiger partial charge in [0.05, 0.1) is 13.2 Å². The number of aromatic nitrogens is 2. The van der Waals surface area contributed by atoms with Crippen LogP contribution in [0.15, 0.2) is 4.52 Å². The number of amides is 3. The number of nitrogens with one attached hydrogen (secondary N) is 2. The molecule has 0 aromatic carbocycles. The molecule has 0 saturated carbocycles. The van der Waals surface area contributed by atoms with E-state index in [2.05, 4.69) is 20.8 Å². The molecule has 21 heavy (non-hydrogen) atoms. The Morgan fingerprint density at radius 3 is 2.76 bits per heavy atom. The van der Waals surface area contributed by atoms with Crippen molar-refractivity contribution >= 4 is 11.9 Å². The first kappa shape index (κ1) is 16.9. The molecule has 9 nitrogen and oxygen atoms in total. The highest BCUT2D eigenvalue weighted by atomic mass is 16.5. The normalized spacial score (nSPS) is 11.8. The van der Waals surface area contributed by atoms with Crippen molar-refractivity contribution in [3.63, 3.8) is 0 Å². The minimum atomic E-state index is -0.433. The van der Waals surface area contributed by atoms with Gasteiger partial charge in [0.1, 0.15) is 6.04 Å². The van der Waals surface area contributed by atoms with Crippen molar-refractivity contribution in [2.45, 2.75) is 19.4 Å². The van der Waals surface area contributed by atoms with Gasteiger partial charge in [0, 0.05) is 27.6 Å². The van der Waals surface area contributed by atoms with E-state index in [1.807, 2.05) is 0 Å². The van der Waals surface area contributed by atoms with Crippen molar-refractivity contribution in [1.29, 1.82) is 0 Å². The summed E-state index contributed by atoms with van der Waals surface area (Å²) in [5.41, 5.74) is 0. The zero-order valence-corrected chi connectivity index (χ0v) is 12.7. The van der Waals surface area contributed by atoms with Gasteiger partial charge in [-0.05, 0) is 6.92 Å². The first-order chi connectivity index (χ1) is 9.93. The minimum Gasteiger partial charge on any atom is -0.384 e. The van der Waals surface area contributed by atoms with Crippen molar-refractivity contribution in [1.82, 2.24) is 25.7 Å². The number of carbonyl (C=O) groups is 2. The summed E-state index contributed by atoms with van der Waals surface area (Å²) >= 11 is 0. The van der Waals surface area contributed by atoms with Crippen LogP contribution in [0.2, 0.25) is 0 Å². The fraction of sp³-hybridized carbons (Fsp3) is 0.667. The number of nitrogens with zero attached hydrogens (tertiary/aromatic N) is 3. The second-order valence-corrected chi connectivity index (χ2v) is 4.63. The highest BCUT2D eigenvalue weighted by Gasteiger charge is 2.17. The molecule has 0 radical (unpaired) electrons. The Morgan fingerprint density at radius 1 is 1.43 bits per heavy atom. The third kappa shape index (κ3) is 5.78. The molecule has 0 unspecified atom stereocenters. The van der Waals surface area contributed by atoms with Gasteiger partial charge in [-0.1, -0.05) is 5.16 Å². The van der Waals surface area contributed by atoms with Crippen LogP contribution in [0.5, 0.6) is 0 Å². The molecule has 1 atom stereocenters. The largest absolute Gasteiger partial charge is 0.384 e. The fourth-order valence-electron chi connectivity index (χ4n) is 1.41. The van der Waals surface area contributed by atoms with Gasteiger partial charge in [0.25, 0.3) is 0 Å². The van der Waals surface area contributed by atoms with E-state index in [0.29, 0.717) is 24.7 Å². The standard InChI is InChI=1S/C12H21N5O4/c1-8(11-15-9(16-21-11)5-6-20-4)14-10(18)7-13-12(19)17(2)3/h8H,5-7H2,1-4H3,(H,13,19)(H,14,18)/t8-/m1/s1. The summed E-state index contributed by atoms with van der Waals surface area (Å²) in [6, 6.07) is -0.769. The van der Waals surface area contributed by atoms with Crippen molar-refractivity contribution in [2.75, 3.05) is 34.4 Å². The van der Waals surface area contributed by atoms with Crippen molar-refractivity contribution in [3.05, 3.63) is 11.7 Å². The van der Waals surface area contributed by atoms with Gasteiger partial charge in [-0.3, -0.25) is 4.79 Å².